The van der Waals surface area contributed by atoms with E-state index in [1.807, 2.05) is 24.3 Å². The second kappa shape index (κ2) is 12.5. The topological polar surface area (TPSA) is 64.9 Å². The van der Waals surface area contributed by atoms with Crippen LogP contribution in [0.25, 0.3) is 5.70 Å². The summed E-state index contributed by atoms with van der Waals surface area (Å²) < 4.78 is 0. The van der Waals surface area contributed by atoms with E-state index >= 15 is 0 Å². The minimum Gasteiger partial charge on any atom is -0.398 e. The predicted molar refractivity (Wildman–Crippen MR) is 144 cm³/mol. The maximum absolute atomic E-state index is 6.20. The largest absolute Gasteiger partial charge is 0.398 e. The standard InChI is InChI=1S/C31H39N3/c32-21-7-1-2-9-24-15-17-26(18-16-24)29-20-19-25(28-12-4-5-13-30(28)29)10-3-6-14-31(33)27-11-8-22-34-23-27/h1-9,11-14,22-26,28H,10,15-21,32-33H2/b6-3-,7-1-,9-2+,31-14-/t24?,25-,26?,28?/m1/s1. The van der Waals surface area contributed by atoms with Gasteiger partial charge in [0.1, 0.15) is 0 Å². The number of allylic oxidation sites excluding steroid dienone is 12. The van der Waals surface area contributed by atoms with Crippen LogP contribution < -0.4 is 11.5 Å². The molecule has 178 valence electrons. The van der Waals surface area contributed by atoms with Gasteiger partial charge in [0.2, 0.25) is 0 Å². The van der Waals surface area contributed by atoms with E-state index in [9.17, 15) is 0 Å². The molecule has 1 unspecified atom stereocenters. The van der Waals surface area contributed by atoms with Gasteiger partial charge in [-0.3, -0.25) is 4.98 Å². The summed E-state index contributed by atoms with van der Waals surface area (Å²) in [6, 6.07) is 3.91. The number of hydrogen-bond acceptors (Lipinski definition) is 3. The fraction of sp³-hybridized carbons (Fsp3) is 0.387. The fourth-order valence-electron chi connectivity index (χ4n) is 5.75. The summed E-state index contributed by atoms with van der Waals surface area (Å²) in [5.74, 6) is 2.70. The lowest BCUT2D eigenvalue weighted by molar-refractivity contribution is 0.310. The van der Waals surface area contributed by atoms with Gasteiger partial charge in [0.15, 0.2) is 0 Å². The molecule has 0 saturated heterocycles. The number of pyridine rings is 1. The van der Waals surface area contributed by atoms with Crippen LogP contribution in [0.2, 0.25) is 0 Å². The molecule has 2 atom stereocenters. The van der Waals surface area contributed by atoms with E-state index in [0.717, 1.165) is 29.5 Å². The van der Waals surface area contributed by atoms with Crippen molar-refractivity contribution in [1.82, 2.24) is 4.98 Å². The minimum absolute atomic E-state index is 0.553. The Morgan fingerprint density at radius 1 is 1.03 bits per heavy atom. The smallest absolute Gasteiger partial charge is 0.0403 e. The molecule has 1 aromatic rings. The maximum atomic E-state index is 6.20. The number of rotatable bonds is 8. The summed E-state index contributed by atoms with van der Waals surface area (Å²) in [4.78, 5) is 4.15. The predicted octanol–water partition coefficient (Wildman–Crippen LogP) is 6.65. The first-order valence-electron chi connectivity index (χ1n) is 12.9. The summed E-state index contributed by atoms with van der Waals surface area (Å²) >= 11 is 0. The molecule has 4 N–H and O–H groups in total. The molecule has 4 rings (SSSR count). The van der Waals surface area contributed by atoms with Crippen LogP contribution in [-0.4, -0.2) is 11.5 Å². The minimum atomic E-state index is 0.553. The van der Waals surface area contributed by atoms with Crippen LogP contribution in [0.4, 0.5) is 0 Å². The molecule has 1 saturated carbocycles. The fourth-order valence-corrected chi connectivity index (χ4v) is 5.75. The molecule has 1 aromatic heterocycles. The van der Waals surface area contributed by atoms with Crippen LogP contribution in [0.5, 0.6) is 0 Å². The molecule has 3 aliphatic rings. The molecule has 3 nitrogen and oxygen atoms in total. The number of nitrogens with zero attached hydrogens (tertiary/aromatic N) is 1. The van der Waals surface area contributed by atoms with E-state index in [0.29, 0.717) is 18.4 Å². The van der Waals surface area contributed by atoms with Crippen LogP contribution >= 0.6 is 0 Å². The van der Waals surface area contributed by atoms with Crippen LogP contribution in [0.1, 0.15) is 50.5 Å². The SMILES string of the molecule is NC/C=C\C=C\C1CCC(C2=C3C=CC=CC3[C@H](C/C=C\C=C(/N)c3cccnc3)CC2)CC1. The zero-order valence-corrected chi connectivity index (χ0v) is 20.2. The van der Waals surface area contributed by atoms with Crippen molar-refractivity contribution in [1.29, 1.82) is 0 Å². The molecule has 0 amide bonds. The van der Waals surface area contributed by atoms with E-state index in [2.05, 4.69) is 59.7 Å². The third-order valence-electron chi connectivity index (χ3n) is 7.60. The van der Waals surface area contributed by atoms with Gasteiger partial charge in [0.05, 0.1) is 0 Å². The number of hydrogen-bond donors (Lipinski definition) is 2. The average Bonchev–Trinajstić information content (AvgIpc) is 2.90. The zero-order chi connectivity index (χ0) is 23.6. The Kier molecular flexibility index (Phi) is 8.92. The normalized spacial score (nSPS) is 27.9. The number of nitrogens with two attached hydrogens (primary N) is 2. The molecule has 3 heteroatoms. The lowest BCUT2D eigenvalue weighted by atomic mass is 9.66. The first-order chi connectivity index (χ1) is 16.8. The second-order valence-electron chi connectivity index (χ2n) is 9.74. The van der Waals surface area contributed by atoms with Gasteiger partial charge in [-0.25, -0.2) is 0 Å². The number of aromatic nitrogens is 1. The monoisotopic (exact) mass is 453 g/mol. The van der Waals surface area contributed by atoms with E-state index in [1.54, 1.807) is 23.5 Å². The van der Waals surface area contributed by atoms with Gasteiger partial charge < -0.3 is 11.5 Å². The molecule has 34 heavy (non-hydrogen) atoms. The summed E-state index contributed by atoms with van der Waals surface area (Å²) in [5, 5.41) is 0. The molecular weight excluding hydrogens is 414 g/mol. The second-order valence-corrected chi connectivity index (χ2v) is 9.74. The van der Waals surface area contributed by atoms with E-state index in [4.69, 9.17) is 11.5 Å². The first-order valence-corrected chi connectivity index (χ1v) is 12.9. The van der Waals surface area contributed by atoms with Gasteiger partial charge in [-0.15, -0.1) is 0 Å². The van der Waals surface area contributed by atoms with Crippen LogP contribution in [0.3, 0.4) is 0 Å². The van der Waals surface area contributed by atoms with Gasteiger partial charge in [-0.05, 0) is 86.5 Å². The van der Waals surface area contributed by atoms with E-state index in [-0.39, 0.29) is 0 Å². The summed E-state index contributed by atoms with van der Waals surface area (Å²) in [5.41, 5.74) is 16.8. The molecule has 0 aliphatic heterocycles. The van der Waals surface area contributed by atoms with Gasteiger partial charge in [0.25, 0.3) is 0 Å². The summed E-state index contributed by atoms with van der Waals surface area (Å²) in [6.45, 7) is 0.615. The highest BCUT2D eigenvalue weighted by molar-refractivity contribution is 5.63. The van der Waals surface area contributed by atoms with Gasteiger partial charge >= 0.3 is 0 Å². The number of fused-ring (bicyclic) bond motifs is 1. The Morgan fingerprint density at radius 2 is 1.91 bits per heavy atom. The zero-order valence-electron chi connectivity index (χ0n) is 20.2. The van der Waals surface area contributed by atoms with Gasteiger partial charge in [-0.2, -0.15) is 0 Å². The van der Waals surface area contributed by atoms with Crippen molar-refractivity contribution in [3.63, 3.8) is 0 Å². The maximum Gasteiger partial charge on any atom is 0.0403 e. The Hall–Kier alpha value is -2.91. The Morgan fingerprint density at radius 3 is 2.71 bits per heavy atom. The Balaban J connectivity index is 1.36. The van der Waals surface area contributed by atoms with Gasteiger partial charge in [0, 0.05) is 36.1 Å². The van der Waals surface area contributed by atoms with Crippen molar-refractivity contribution >= 4 is 5.70 Å². The van der Waals surface area contributed by atoms with Crippen molar-refractivity contribution in [2.75, 3.05) is 6.54 Å². The lowest BCUT2D eigenvalue weighted by Gasteiger charge is -2.38. The molecule has 3 aliphatic carbocycles. The third-order valence-corrected chi connectivity index (χ3v) is 7.60. The quantitative estimate of drug-likeness (QED) is 0.433. The molecule has 1 fully saturated rings. The molecule has 0 radical (unpaired) electrons. The van der Waals surface area contributed by atoms with Crippen molar-refractivity contribution in [2.24, 2.45) is 35.1 Å². The summed E-state index contributed by atoms with van der Waals surface area (Å²) in [7, 11) is 0. The van der Waals surface area contributed by atoms with Crippen molar-refractivity contribution < 1.29 is 0 Å². The molecule has 0 aromatic carbocycles. The molecule has 0 spiro atoms. The average molecular weight is 454 g/mol. The van der Waals surface area contributed by atoms with Crippen LogP contribution in [0, 0.1) is 23.7 Å². The Labute approximate surface area is 205 Å². The van der Waals surface area contributed by atoms with Crippen molar-refractivity contribution in [3.8, 4) is 0 Å². The highest BCUT2D eigenvalue weighted by atomic mass is 14.6. The van der Waals surface area contributed by atoms with Crippen molar-refractivity contribution in [2.45, 2.75) is 44.9 Å². The third kappa shape index (κ3) is 6.36. The van der Waals surface area contributed by atoms with Crippen LogP contribution in [-0.2, 0) is 0 Å². The van der Waals surface area contributed by atoms with Crippen LogP contribution in [0.15, 0.2) is 103 Å². The molecule has 1 heterocycles. The van der Waals surface area contributed by atoms with Gasteiger partial charge in [-0.1, -0.05) is 66.3 Å². The highest BCUT2D eigenvalue weighted by Crippen LogP contribution is 2.46. The first kappa shape index (κ1) is 24.2. The van der Waals surface area contributed by atoms with E-state index in [1.165, 1.54) is 38.5 Å². The Bertz CT molecular complexity index is 998. The molecule has 0 bridgehead atoms. The summed E-state index contributed by atoms with van der Waals surface area (Å²) in [6.07, 6.45) is 36.8. The molecular formula is C31H39N3. The lowest BCUT2D eigenvalue weighted by Crippen LogP contribution is -2.26. The van der Waals surface area contributed by atoms with Crippen molar-refractivity contribution in [3.05, 3.63) is 108 Å². The van der Waals surface area contributed by atoms with E-state index < -0.39 is 0 Å². The highest BCUT2D eigenvalue weighted by Gasteiger charge is 2.33.